The van der Waals surface area contributed by atoms with Gasteiger partial charge >= 0.3 is 13.1 Å². The number of carbonyl (C=O) groups excluding carboxylic acids is 1. The molecule has 0 unspecified atom stereocenters. The highest BCUT2D eigenvalue weighted by molar-refractivity contribution is 6.62. The highest BCUT2D eigenvalue weighted by Gasteiger charge is 2.54. The highest BCUT2D eigenvalue weighted by Crippen LogP contribution is 2.58. The summed E-state index contributed by atoms with van der Waals surface area (Å²) >= 11 is 0. The van der Waals surface area contributed by atoms with Crippen LogP contribution in [0.4, 0.5) is 0 Å². The maximum Gasteiger partial charge on any atom is 0.494 e. The van der Waals surface area contributed by atoms with Crippen LogP contribution in [0.25, 0.3) is 0 Å². The van der Waals surface area contributed by atoms with E-state index in [0.717, 1.165) is 44.0 Å². The maximum atomic E-state index is 12.5. The molecule has 0 aromatic heterocycles. The minimum Gasteiger partial charge on any atom is -0.466 e. The van der Waals surface area contributed by atoms with Gasteiger partial charge in [0.2, 0.25) is 0 Å². The van der Waals surface area contributed by atoms with Gasteiger partial charge < -0.3 is 14.0 Å². The van der Waals surface area contributed by atoms with Gasteiger partial charge in [0.05, 0.1) is 23.2 Å². The lowest BCUT2D eigenvalue weighted by atomic mass is 9.52. The first-order valence-corrected chi connectivity index (χ1v) is 10.8. The van der Waals surface area contributed by atoms with Gasteiger partial charge in [-0.05, 0) is 89.6 Å². The number of fused-ring (bicyclic) bond motifs is 3. The van der Waals surface area contributed by atoms with Gasteiger partial charge in [-0.1, -0.05) is 24.3 Å². The average Bonchev–Trinajstić information content (AvgIpc) is 2.91. The van der Waals surface area contributed by atoms with E-state index in [-0.39, 0.29) is 35.1 Å². The van der Waals surface area contributed by atoms with Crippen LogP contribution >= 0.6 is 0 Å². The van der Waals surface area contributed by atoms with E-state index in [9.17, 15) is 4.79 Å². The molecule has 4 nitrogen and oxygen atoms in total. The molecule has 1 aromatic rings. The molecule has 4 aliphatic rings. The lowest BCUT2D eigenvalue weighted by Gasteiger charge is -2.52. The average molecular weight is 384 g/mol. The quantitative estimate of drug-likeness (QED) is 0.578. The zero-order valence-electron chi connectivity index (χ0n) is 18.0. The number of hydrogen-bond acceptors (Lipinski definition) is 4. The van der Waals surface area contributed by atoms with E-state index in [4.69, 9.17) is 14.0 Å². The molecule has 0 atom stereocenters. The van der Waals surface area contributed by atoms with Crippen molar-refractivity contribution in [2.75, 3.05) is 6.61 Å². The molecule has 1 saturated heterocycles. The molecule has 0 amide bonds. The van der Waals surface area contributed by atoms with Crippen molar-refractivity contribution < 1.29 is 18.8 Å². The summed E-state index contributed by atoms with van der Waals surface area (Å²) < 4.78 is 17.7. The van der Waals surface area contributed by atoms with E-state index in [2.05, 4.69) is 52.0 Å². The molecule has 1 aromatic carbocycles. The second-order valence-electron chi connectivity index (χ2n) is 9.99. The largest absolute Gasteiger partial charge is 0.494 e. The molecule has 4 fully saturated rings. The second kappa shape index (κ2) is 6.60. The monoisotopic (exact) mass is 384 g/mol. The molecule has 1 aliphatic heterocycles. The smallest absolute Gasteiger partial charge is 0.466 e. The van der Waals surface area contributed by atoms with Crippen LogP contribution in [-0.4, -0.2) is 30.9 Å². The molecule has 2 bridgehead atoms. The number of carbonyl (C=O) groups is 1. The van der Waals surface area contributed by atoms with Gasteiger partial charge in [-0.2, -0.15) is 0 Å². The molecular formula is C23H33BO4. The first-order chi connectivity index (χ1) is 13.1. The van der Waals surface area contributed by atoms with Gasteiger partial charge in [0.1, 0.15) is 0 Å². The molecule has 3 saturated carbocycles. The van der Waals surface area contributed by atoms with Crippen LogP contribution < -0.4 is 5.46 Å². The topological polar surface area (TPSA) is 44.8 Å². The molecule has 28 heavy (non-hydrogen) atoms. The zero-order valence-corrected chi connectivity index (χ0v) is 18.0. The SMILES string of the molecule is CCOC(=O)C12CCC(c3ccc(B4OC(C)(C)C(C)(C)O4)cc3)(CC1)CC2. The van der Waals surface area contributed by atoms with Gasteiger partial charge in [-0.15, -0.1) is 0 Å². The Hall–Kier alpha value is -1.33. The summed E-state index contributed by atoms with van der Waals surface area (Å²) in [5.74, 6) is 0.0272. The molecule has 5 rings (SSSR count). The third kappa shape index (κ3) is 3.02. The van der Waals surface area contributed by atoms with Crippen LogP contribution in [-0.2, 0) is 24.3 Å². The van der Waals surface area contributed by atoms with Gasteiger partial charge in [0.25, 0.3) is 0 Å². The Bertz CT molecular complexity index is 712. The molecule has 5 heteroatoms. The lowest BCUT2D eigenvalue weighted by Crippen LogP contribution is -2.48. The summed E-state index contributed by atoms with van der Waals surface area (Å²) in [5.41, 5.74) is 1.82. The van der Waals surface area contributed by atoms with E-state index in [1.54, 1.807) is 0 Å². The van der Waals surface area contributed by atoms with Crippen LogP contribution in [0.3, 0.4) is 0 Å². The van der Waals surface area contributed by atoms with Crippen LogP contribution in [0.15, 0.2) is 24.3 Å². The Balaban J connectivity index is 1.48. The van der Waals surface area contributed by atoms with E-state index in [1.807, 2.05) is 6.92 Å². The summed E-state index contributed by atoms with van der Waals surface area (Å²) in [4.78, 5) is 12.5. The Labute approximate surface area is 169 Å². The van der Waals surface area contributed by atoms with Crippen molar-refractivity contribution in [1.29, 1.82) is 0 Å². The first-order valence-electron chi connectivity index (χ1n) is 10.8. The Kier molecular flexibility index (Phi) is 4.71. The Morgan fingerprint density at radius 2 is 1.43 bits per heavy atom. The van der Waals surface area contributed by atoms with Crippen LogP contribution in [0.2, 0.25) is 0 Å². The minimum absolute atomic E-state index is 0.0272. The number of ether oxygens (including phenoxy) is 1. The van der Waals surface area contributed by atoms with Gasteiger partial charge in [-0.25, -0.2) is 0 Å². The molecule has 0 N–H and O–H groups in total. The molecule has 152 valence electrons. The standard InChI is InChI=1S/C23H33BO4/c1-6-26-19(25)23-14-11-22(12-15-23,13-16-23)17-7-9-18(10-8-17)24-27-20(2,3)21(4,5)28-24/h7-10H,6,11-16H2,1-5H3. The second-order valence-corrected chi connectivity index (χ2v) is 9.99. The normalized spacial score (nSPS) is 33.1. The van der Waals surface area contributed by atoms with Crippen molar-refractivity contribution in [3.8, 4) is 0 Å². The Morgan fingerprint density at radius 3 is 1.89 bits per heavy atom. The predicted molar refractivity (Wildman–Crippen MR) is 111 cm³/mol. The highest BCUT2D eigenvalue weighted by atomic mass is 16.7. The van der Waals surface area contributed by atoms with E-state index in [1.165, 1.54) is 5.56 Å². The van der Waals surface area contributed by atoms with Crippen molar-refractivity contribution in [1.82, 2.24) is 0 Å². The number of benzene rings is 1. The fourth-order valence-corrected chi connectivity index (χ4v) is 5.18. The predicted octanol–water partition coefficient (Wildman–Crippen LogP) is 4.14. The molecule has 0 radical (unpaired) electrons. The van der Waals surface area contributed by atoms with Crippen LogP contribution in [0.5, 0.6) is 0 Å². The van der Waals surface area contributed by atoms with E-state index in [0.29, 0.717) is 6.61 Å². The number of esters is 1. The van der Waals surface area contributed by atoms with E-state index >= 15 is 0 Å². The van der Waals surface area contributed by atoms with Gasteiger partial charge in [0.15, 0.2) is 0 Å². The molecule has 0 spiro atoms. The fraction of sp³-hybridized carbons (Fsp3) is 0.696. The van der Waals surface area contributed by atoms with Crippen molar-refractivity contribution >= 4 is 18.6 Å². The summed E-state index contributed by atoms with van der Waals surface area (Å²) in [7, 11) is -0.314. The van der Waals surface area contributed by atoms with Crippen molar-refractivity contribution in [3.05, 3.63) is 29.8 Å². The third-order valence-electron chi connectivity index (χ3n) is 8.00. The maximum absolute atomic E-state index is 12.5. The fourth-order valence-electron chi connectivity index (χ4n) is 5.18. The summed E-state index contributed by atoms with van der Waals surface area (Å²) in [6.45, 7) is 10.7. The minimum atomic E-state index is -0.321. The van der Waals surface area contributed by atoms with E-state index < -0.39 is 0 Å². The summed E-state index contributed by atoms with van der Waals surface area (Å²) in [6, 6.07) is 8.83. The zero-order chi connectivity index (χ0) is 20.2. The number of hydrogen-bond donors (Lipinski definition) is 0. The lowest BCUT2D eigenvalue weighted by molar-refractivity contribution is -0.162. The van der Waals surface area contributed by atoms with Crippen molar-refractivity contribution in [3.63, 3.8) is 0 Å². The first kappa shape index (κ1) is 20.0. The van der Waals surface area contributed by atoms with Crippen LogP contribution in [0.1, 0.15) is 78.7 Å². The molecule has 1 heterocycles. The molecular weight excluding hydrogens is 351 g/mol. The Morgan fingerprint density at radius 1 is 0.929 bits per heavy atom. The summed E-state index contributed by atoms with van der Waals surface area (Å²) in [5, 5.41) is 0. The van der Waals surface area contributed by atoms with Crippen molar-refractivity contribution in [2.24, 2.45) is 5.41 Å². The van der Waals surface area contributed by atoms with Gasteiger partial charge in [-0.3, -0.25) is 4.79 Å². The van der Waals surface area contributed by atoms with Crippen molar-refractivity contribution in [2.45, 2.75) is 89.8 Å². The third-order valence-corrected chi connectivity index (χ3v) is 8.00. The van der Waals surface area contributed by atoms with Crippen LogP contribution in [0, 0.1) is 5.41 Å². The molecule has 3 aliphatic carbocycles. The van der Waals surface area contributed by atoms with Gasteiger partial charge in [0, 0.05) is 0 Å². The summed E-state index contributed by atoms with van der Waals surface area (Å²) in [6.07, 6.45) is 6.06. The number of rotatable bonds is 4.